The third kappa shape index (κ3) is 3.95. The highest BCUT2D eigenvalue weighted by atomic mass is 16.5. The molecule has 0 unspecified atom stereocenters. The molecule has 0 amide bonds. The van der Waals surface area contributed by atoms with E-state index in [1.165, 1.54) is 5.56 Å². The molecule has 0 spiro atoms. The Bertz CT molecular complexity index is 1410. The Hall–Kier alpha value is -4.31. The highest BCUT2D eigenvalue weighted by Crippen LogP contribution is 2.41. The van der Waals surface area contributed by atoms with Crippen molar-refractivity contribution < 1.29 is 9.47 Å². The first-order valence-corrected chi connectivity index (χ1v) is 11.2. The van der Waals surface area contributed by atoms with Crippen LogP contribution in [0.1, 0.15) is 5.56 Å². The summed E-state index contributed by atoms with van der Waals surface area (Å²) >= 11 is 0. The van der Waals surface area contributed by atoms with Gasteiger partial charge in [-0.15, -0.1) is 0 Å². The second-order valence-electron chi connectivity index (χ2n) is 8.10. The van der Waals surface area contributed by atoms with Crippen LogP contribution in [0.15, 0.2) is 103 Å². The molecule has 0 N–H and O–H groups in total. The largest absolute Gasteiger partial charge is 0.497 e. The first-order valence-electron chi connectivity index (χ1n) is 11.2. The Morgan fingerprint density at radius 1 is 0.676 bits per heavy atom. The Kier molecular flexibility index (Phi) is 5.88. The minimum Gasteiger partial charge on any atom is -0.497 e. The van der Waals surface area contributed by atoms with Crippen molar-refractivity contribution in [1.29, 1.82) is 0 Å². The standard InChI is InChI=1S/C30H26N2O2/c1-21-14-16-24(17-15-21)32-29(23-12-8-5-9-13-23)28(22-10-6-4-7-11-22)31-30(32)26-19-18-25(33-2)20-27(26)34-3/h4-20H,1-3H3. The first-order chi connectivity index (χ1) is 16.7. The number of ether oxygens (including phenoxy) is 2. The van der Waals surface area contributed by atoms with E-state index in [2.05, 4.69) is 72.2 Å². The van der Waals surface area contributed by atoms with Crippen molar-refractivity contribution >= 4 is 0 Å². The van der Waals surface area contributed by atoms with E-state index in [0.29, 0.717) is 5.75 Å². The fourth-order valence-corrected chi connectivity index (χ4v) is 4.19. The Labute approximate surface area is 200 Å². The first kappa shape index (κ1) is 21.5. The molecule has 1 heterocycles. The molecule has 0 saturated heterocycles. The van der Waals surface area contributed by atoms with E-state index in [1.807, 2.05) is 42.5 Å². The van der Waals surface area contributed by atoms with Crippen LogP contribution in [0.3, 0.4) is 0 Å². The average molecular weight is 447 g/mol. The van der Waals surface area contributed by atoms with Crippen molar-refractivity contribution in [3.8, 4) is 51.1 Å². The number of methoxy groups -OCH3 is 2. The molecule has 0 bridgehead atoms. The van der Waals surface area contributed by atoms with Crippen LogP contribution in [-0.4, -0.2) is 23.8 Å². The summed E-state index contributed by atoms with van der Waals surface area (Å²) in [7, 11) is 3.33. The van der Waals surface area contributed by atoms with Gasteiger partial charge in [-0.2, -0.15) is 0 Å². The molecule has 4 nitrogen and oxygen atoms in total. The van der Waals surface area contributed by atoms with E-state index in [0.717, 1.165) is 45.3 Å². The van der Waals surface area contributed by atoms with Gasteiger partial charge in [-0.05, 0) is 31.2 Å². The fraction of sp³-hybridized carbons (Fsp3) is 0.100. The number of aryl methyl sites for hydroxylation is 1. The summed E-state index contributed by atoms with van der Waals surface area (Å²) in [6.07, 6.45) is 0. The van der Waals surface area contributed by atoms with Crippen molar-refractivity contribution in [1.82, 2.24) is 9.55 Å². The Morgan fingerprint density at radius 3 is 1.94 bits per heavy atom. The third-order valence-electron chi connectivity index (χ3n) is 5.91. The highest BCUT2D eigenvalue weighted by Gasteiger charge is 2.24. The number of rotatable bonds is 6. The van der Waals surface area contributed by atoms with Crippen molar-refractivity contribution in [3.05, 3.63) is 109 Å². The lowest BCUT2D eigenvalue weighted by atomic mass is 10.0. The van der Waals surface area contributed by atoms with Crippen molar-refractivity contribution in [2.75, 3.05) is 14.2 Å². The number of benzene rings is 4. The van der Waals surface area contributed by atoms with Crippen LogP contribution < -0.4 is 9.47 Å². The van der Waals surface area contributed by atoms with Gasteiger partial charge in [0, 0.05) is 22.9 Å². The van der Waals surface area contributed by atoms with Gasteiger partial charge in [0.25, 0.3) is 0 Å². The SMILES string of the molecule is COc1ccc(-c2nc(-c3ccccc3)c(-c3ccccc3)n2-c2ccc(C)cc2)c(OC)c1. The lowest BCUT2D eigenvalue weighted by molar-refractivity contribution is 0.395. The molecule has 34 heavy (non-hydrogen) atoms. The Balaban J connectivity index is 1.89. The van der Waals surface area contributed by atoms with Crippen LogP contribution in [0.5, 0.6) is 11.5 Å². The highest BCUT2D eigenvalue weighted by molar-refractivity contribution is 5.85. The lowest BCUT2D eigenvalue weighted by Crippen LogP contribution is -2.01. The van der Waals surface area contributed by atoms with Crippen molar-refractivity contribution in [3.63, 3.8) is 0 Å². The van der Waals surface area contributed by atoms with E-state index < -0.39 is 0 Å². The van der Waals surface area contributed by atoms with Crippen LogP contribution in [0, 0.1) is 6.92 Å². The maximum absolute atomic E-state index is 5.78. The topological polar surface area (TPSA) is 36.3 Å². The number of aromatic nitrogens is 2. The smallest absolute Gasteiger partial charge is 0.149 e. The molecule has 0 radical (unpaired) electrons. The molecule has 0 atom stereocenters. The van der Waals surface area contributed by atoms with E-state index in [-0.39, 0.29) is 0 Å². The molecule has 0 saturated carbocycles. The van der Waals surface area contributed by atoms with Gasteiger partial charge >= 0.3 is 0 Å². The summed E-state index contributed by atoms with van der Waals surface area (Å²) < 4.78 is 13.4. The van der Waals surface area contributed by atoms with Gasteiger partial charge in [0.1, 0.15) is 17.3 Å². The average Bonchev–Trinajstić information content (AvgIpc) is 3.30. The lowest BCUT2D eigenvalue weighted by Gasteiger charge is -2.16. The second kappa shape index (κ2) is 9.28. The molecule has 0 fully saturated rings. The zero-order valence-electron chi connectivity index (χ0n) is 19.5. The normalized spacial score (nSPS) is 10.8. The van der Waals surface area contributed by atoms with Gasteiger partial charge < -0.3 is 9.47 Å². The quantitative estimate of drug-likeness (QED) is 0.277. The minimum absolute atomic E-state index is 0.705. The van der Waals surface area contributed by atoms with Gasteiger partial charge in [-0.25, -0.2) is 4.98 Å². The van der Waals surface area contributed by atoms with Gasteiger partial charge in [0.2, 0.25) is 0 Å². The van der Waals surface area contributed by atoms with E-state index in [4.69, 9.17) is 14.5 Å². The van der Waals surface area contributed by atoms with Crippen LogP contribution in [0.2, 0.25) is 0 Å². The molecule has 168 valence electrons. The molecular weight excluding hydrogens is 420 g/mol. The zero-order chi connectivity index (χ0) is 23.5. The van der Waals surface area contributed by atoms with Gasteiger partial charge in [0.15, 0.2) is 0 Å². The Morgan fingerprint density at radius 2 is 1.32 bits per heavy atom. The summed E-state index contributed by atoms with van der Waals surface area (Å²) in [5.41, 5.74) is 7.23. The van der Waals surface area contributed by atoms with E-state index in [9.17, 15) is 0 Å². The molecule has 5 aromatic rings. The summed E-state index contributed by atoms with van der Waals surface area (Å²) in [6, 6.07) is 35.1. The molecule has 0 aliphatic rings. The van der Waals surface area contributed by atoms with Crippen LogP contribution in [-0.2, 0) is 0 Å². The van der Waals surface area contributed by atoms with E-state index in [1.54, 1.807) is 14.2 Å². The van der Waals surface area contributed by atoms with Gasteiger partial charge in [0.05, 0.1) is 31.2 Å². The predicted molar refractivity (Wildman–Crippen MR) is 138 cm³/mol. The summed E-state index contributed by atoms with van der Waals surface area (Å²) in [6.45, 7) is 2.10. The molecule has 0 aliphatic carbocycles. The molecular formula is C30H26N2O2. The summed E-state index contributed by atoms with van der Waals surface area (Å²) in [4.78, 5) is 5.23. The molecule has 0 aliphatic heterocycles. The van der Waals surface area contributed by atoms with Gasteiger partial charge in [-0.3, -0.25) is 4.57 Å². The molecule has 4 heteroatoms. The van der Waals surface area contributed by atoms with Crippen molar-refractivity contribution in [2.24, 2.45) is 0 Å². The molecule has 4 aromatic carbocycles. The zero-order valence-corrected chi connectivity index (χ0v) is 19.5. The van der Waals surface area contributed by atoms with Crippen LogP contribution in [0.25, 0.3) is 39.6 Å². The van der Waals surface area contributed by atoms with E-state index >= 15 is 0 Å². The third-order valence-corrected chi connectivity index (χ3v) is 5.91. The summed E-state index contributed by atoms with van der Waals surface area (Å²) in [5.74, 6) is 2.25. The minimum atomic E-state index is 0.705. The van der Waals surface area contributed by atoms with Gasteiger partial charge in [-0.1, -0.05) is 78.4 Å². The number of hydrogen-bond acceptors (Lipinski definition) is 3. The number of nitrogens with zero attached hydrogens (tertiary/aromatic N) is 2. The van der Waals surface area contributed by atoms with Crippen LogP contribution in [0.4, 0.5) is 0 Å². The second-order valence-corrected chi connectivity index (χ2v) is 8.10. The maximum Gasteiger partial charge on any atom is 0.149 e. The molecule has 5 rings (SSSR count). The van der Waals surface area contributed by atoms with Crippen molar-refractivity contribution in [2.45, 2.75) is 6.92 Å². The fourth-order valence-electron chi connectivity index (χ4n) is 4.19. The maximum atomic E-state index is 5.78. The summed E-state index contributed by atoms with van der Waals surface area (Å²) in [5, 5.41) is 0. The monoisotopic (exact) mass is 446 g/mol. The number of hydrogen-bond donors (Lipinski definition) is 0. The molecule has 1 aromatic heterocycles. The van der Waals surface area contributed by atoms with Crippen LogP contribution >= 0.6 is 0 Å². The number of imidazole rings is 1. The predicted octanol–water partition coefficient (Wildman–Crippen LogP) is 7.20.